The highest BCUT2D eigenvalue weighted by Gasteiger charge is 2.27. The molecule has 5 nitrogen and oxygen atoms in total. The van der Waals surface area contributed by atoms with Gasteiger partial charge in [0.05, 0.1) is 24.3 Å². The van der Waals surface area contributed by atoms with Gasteiger partial charge in [0.1, 0.15) is 5.82 Å². The van der Waals surface area contributed by atoms with E-state index in [2.05, 4.69) is 16.0 Å². The molecule has 7 heteroatoms. The minimum Gasteiger partial charge on any atom is -0.372 e. The van der Waals surface area contributed by atoms with Crippen LogP contribution >= 0.6 is 11.6 Å². The molecule has 1 saturated heterocycles. The number of benzene rings is 1. The molecule has 1 aliphatic rings. The van der Waals surface area contributed by atoms with E-state index in [1.807, 2.05) is 0 Å². The number of nitrogens with one attached hydrogen (secondary N) is 3. The third-order valence-corrected chi connectivity index (χ3v) is 3.89. The van der Waals surface area contributed by atoms with E-state index in [0.717, 1.165) is 12.1 Å². The maximum atomic E-state index is 13.7. The van der Waals surface area contributed by atoms with Crippen LogP contribution in [0.15, 0.2) is 18.2 Å². The van der Waals surface area contributed by atoms with Crippen LogP contribution in [-0.4, -0.2) is 45.7 Å². The van der Waals surface area contributed by atoms with Crippen molar-refractivity contribution in [3.63, 3.8) is 0 Å². The highest BCUT2D eigenvalue weighted by molar-refractivity contribution is 6.30. The smallest absolute Gasteiger partial charge is 0.233 e. The molecule has 1 aromatic rings. The lowest BCUT2D eigenvalue weighted by Gasteiger charge is -2.25. The molecular formula is C15H21ClFN3O2. The molecule has 0 aromatic heterocycles. The van der Waals surface area contributed by atoms with Gasteiger partial charge in [-0.15, -0.1) is 0 Å². The largest absolute Gasteiger partial charge is 0.372 e. The number of rotatable bonds is 5. The van der Waals surface area contributed by atoms with E-state index in [0.29, 0.717) is 19.7 Å². The summed E-state index contributed by atoms with van der Waals surface area (Å²) in [5.41, 5.74) is 0.735. The highest BCUT2D eigenvalue weighted by Crippen LogP contribution is 2.29. The summed E-state index contributed by atoms with van der Waals surface area (Å²) in [6, 6.07) is 4.70. The Morgan fingerprint density at radius 3 is 3.09 bits per heavy atom. The van der Waals surface area contributed by atoms with Crippen LogP contribution in [-0.2, 0) is 9.53 Å². The van der Waals surface area contributed by atoms with Crippen molar-refractivity contribution in [2.75, 3.05) is 39.8 Å². The van der Waals surface area contributed by atoms with Crippen molar-refractivity contribution in [3.05, 3.63) is 34.6 Å². The number of carbonyl (C=O) groups is 1. The van der Waals surface area contributed by atoms with Crippen molar-refractivity contribution in [3.8, 4) is 0 Å². The first-order chi connectivity index (χ1) is 10.6. The van der Waals surface area contributed by atoms with Gasteiger partial charge in [-0.3, -0.25) is 4.79 Å². The summed E-state index contributed by atoms with van der Waals surface area (Å²) in [7, 11) is 1.72. The molecule has 1 heterocycles. The number of carbonyl (C=O) groups excluding carboxylic acids is 1. The van der Waals surface area contributed by atoms with Crippen LogP contribution in [0.2, 0.25) is 5.02 Å². The lowest BCUT2D eigenvalue weighted by Crippen LogP contribution is -2.39. The number of ether oxygens (including phenoxy) is 1. The van der Waals surface area contributed by atoms with Gasteiger partial charge < -0.3 is 20.7 Å². The number of amides is 1. The molecule has 0 aliphatic carbocycles. The molecule has 0 spiro atoms. The molecule has 2 rings (SSSR count). The first-order valence-electron chi connectivity index (χ1n) is 7.30. The van der Waals surface area contributed by atoms with Crippen LogP contribution in [0, 0.1) is 11.7 Å². The van der Waals surface area contributed by atoms with Gasteiger partial charge >= 0.3 is 0 Å². The zero-order valence-electron chi connectivity index (χ0n) is 12.5. The predicted molar refractivity (Wildman–Crippen MR) is 83.4 cm³/mol. The molecule has 1 fully saturated rings. The first-order valence-corrected chi connectivity index (χ1v) is 7.68. The molecule has 1 amide bonds. The SMILES string of the molecule is CNCC(=O)NCC1CNCCOC1c1ccc(Cl)c(F)c1. The van der Waals surface area contributed by atoms with Crippen LogP contribution in [0.4, 0.5) is 4.39 Å². The van der Waals surface area contributed by atoms with Gasteiger partial charge in [-0.25, -0.2) is 4.39 Å². The fourth-order valence-corrected chi connectivity index (χ4v) is 2.61. The average Bonchev–Trinajstić information content (AvgIpc) is 2.74. The average molecular weight is 330 g/mol. The van der Waals surface area contributed by atoms with E-state index >= 15 is 0 Å². The van der Waals surface area contributed by atoms with E-state index in [-0.39, 0.29) is 29.5 Å². The Hall–Kier alpha value is -1.21. The third-order valence-electron chi connectivity index (χ3n) is 3.58. The van der Waals surface area contributed by atoms with Crippen LogP contribution in [0.3, 0.4) is 0 Å². The molecular weight excluding hydrogens is 309 g/mol. The molecule has 2 unspecified atom stereocenters. The van der Waals surface area contributed by atoms with Gasteiger partial charge in [-0.05, 0) is 24.7 Å². The summed E-state index contributed by atoms with van der Waals surface area (Å²) < 4.78 is 19.5. The van der Waals surface area contributed by atoms with E-state index in [1.165, 1.54) is 12.1 Å². The van der Waals surface area contributed by atoms with Gasteiger partial charge in [0, 0.05) is 25.6 Å². The van der Waals surface area contributed by atoms with Gasteiger partial charge in [-0.1, -0.05) is 17.7 Å². The summed E-state index contributed by atoms with van der Waals surface area (Å²) in [6.45, 7) is 2.68. The Kier molecular flexibility index (Phi) is 6.57. The van der Waals surface area contributed by atoms with E-state index < -0.39 is 5.82 Å². The lowest BCUT2D eigenvalue weighted by molar-refractivity contribution is -0.120. The summed E-state index contributed by atoms with van der Waals surface area (Å²) in [5, 5.41) is 9.03. The molecule has 0 radical (unpaired) electrons. The van der Waals surface area contributed by atoms with Crippen LogP contribution in [0.5, 0.6) is 0 Å². The van der Waals surface area contributed by atoms with Crippen molar-refractivity contribution in [1.82, 2.24) is 16.0 Å². The van der Waals surface area contributed by atoms with Gasteiger partial charge in [0.25, 0.3) is 0 Å². The quantitative estimate of drug-likeness (QED) is 0.757. The lowest BCUT2D eigenvalue weighted by atomic mass is 9.95. The van der Waals surface area contributed by atoms with Crippen molar-refractivity contribution >= 4 is 17.5 Å². The predicted octanol–water partition coefficient (Wildman–Crippen LogP) is 1.09. The highest BCUT2D eigenvalue weighted by atomic mass is 35.5. The van der Waals surface area contributed by atoms with Crippen LogP contribution in [0.1, 0.15) is 11.7 Å². The number of hydrogen-bond acceptors (Lipinski definition) is 4. The maximum absolute atomic E-state index is 13.7. The molecule has 1 aromatic carbocycles. The minimum absolute atomic E-state index is 0.0175. The maximum Gasteiger partial charge on any atom is 0.233 e. The summed E-state index contributed by atoms with van der Waals surface area (Å²) >= 11 is 5.73. The van der Waals surface area contributed by atoms with E-state index in [1.54, 1.807) is 13.1 Å². The zero-order chi connectivity index (χ0) is 15.9. The summed E-state index contributed by atoms with van der Waals surface area (Å²) in [6.07, 6.45) is -0.281. The van der Waals surface area contributed by atoms with Crippen molar-refractivity contribution in [2.24, 2.45) is 5.92 Å². The van der Waals surface area contributed by atoms with E-state index in [9.17, 15) is 9.18 Å². The van der Waals surface area contributed by atoms with Crippen molar-refractivity contribution in [1.29, 1.82) is 0 Å². The normalized spacial score (nSPS) is 22.1. The van der Waals surface area contributed by atoms with Gasteiger partial charge in [0.2, 0.25) is 5.91 Å². The molecule has 0 bridgehead atoms. The molecule has 1 aliphatic heterocycles. The third kappa shape index (κ3) is 4.64. The zero-order valence-corrected chi connectivity index (χ0v) is 13.3. The fourth-order valence-electron chi connectivity index (χ4n) is 2.49. The molecule has 122 valence electrons. The monoisotopic (exact) mass is 329 g/mol. The second-order valence-corrected chi connectivity index (χ2v) is 5.67. The number of hydrogen-bond donors (Lipinski definition) is 3. The Bertz CT molecular complexity index is 516. The number of halogens is 2. The van der Waals surface area contributed by atoms with Crippen LogP contribution in [0.25, 0.3) is 0 Å². The standard InChI is InChI=1S/C15H21ClFN3O2/c1-18-9-14(21)20-8-11-7-19-4-5-22-15(11)10-2-3-12(16)13(17)6-10/h2-3,6,11,15,18-19H,4-5,7-9H2,1H3,(H,20,21). The number of likely N-dealkylation sites (N-methyl/N-ethyl adjacent to an activating group) is 1. The molecule has 22 heavy (non-hydrogen) atoms. The topological polar surface area (TPSA) is 62.4 Å². The Balaban J connectivity index is 2.09. The van der Waals surface area contributed by atoms with Gasteiger partial charge in [-0.2, -0.15) is 0 Å². The first kappa shape index (κ1) is 17.1. The Labute approximate surface area is 134 Å². The fraction of sp³-hybridized carbons (Fsp3) is 0.533. The minimum atomic E-state index is -0.460. The van der Waals surface area contributed by atoms with Gasteiger partial charge in [0.15, 0.2) is 0 Å². The Morgan fingerprint density at radius 2 is 2.36 bits per heavy atom. The molecule has 2 atom stereocenters. The molecule has 3 N–H and O–H groups in total. The van der Waals surface area contributed by atoms with Crippen molar-refractivity contribution in [2.45, 2.75) is 6.10 Å². The van der Waals surface area contributed by atoms with E-state index in [4.69, 9.17) is 16.3 Å². The molecule has 0 saturated carbocycles. The second-order valence-electron chi connectivity index (χ2n) is 5.26. The summed E-state index contributed by atoms with van der Waals surface area (Å²) in [4.78, 5) is 11.6. The summed E-state index contributed by atoms with van der Waals surface area (Å²) in [5.74, 6) is -0.519. The van der Waals surface area contributed by atoms with Crippen LogP contribution < -0.4 is 16.0 Å². The van der Waals surface area contributed by atoms with Crippen molar-refractivity contribution < 1.29 is 13.9 Å². The second kappa shape index (κ2) is 8.43. The Morgan fingerprint density at radius 1 is 1.55 bits per heavy atom.